The predicted octanol–water partition coefficient (Wildman–Crippen LogP) is -12.0. The first kappa shape index (κ1) is 53.2. The van der Waals surface area contributed by atoms with E-state index in [1.165, 1.54) is 13.8 Å². The van der Waals surface area contributed by atoms with Crippen molar-refractivity contribution < 1.29 is 144 Å². The van der Waals surface area contributed by atoms with Crippen molar-refractivity contribution in [3.8, 4) is 0 Å². The summed E-state index contributed by atoms with van der Waals surface area (Å²) in [5.74, 6) is 0. The number of aliphatic hydroxyl groups is 18. The second kappa shape index (κ2) is 22.3. The Labute approximate surface area is 368 Å². The Hall–Kier alpha value is -1.16. The van der Waals surface area contributed by atoms with Gasteiger partial charge in [-0.2, -0.15) is 0 Å². The minimum absolute atomic E-state index is 0.799. The average Bonchev–Trinajstić information content (AvgIpc) is 3.57. The van der Waals surface area contributed by atoms with Crippen LogP contribution in [0.15, 0.2) is 0 Å². The Morgan fingerprint density at radius 1 is 0.385 bits per heavy atom. The van der Waals surface area contributed by atoms with Gasteiger partial charge in [0, 0.05) is 0 Å². The van der Waals surface area contributed by atoms with Crippen molar-refractivity contribution in [2.75, 3.05) is 26.4 Å². The van der Waals surface area contributed by atoms with E-state index in [0.29, 0.717) is 0 Å². The molecule has 6 heterocycles. The molecule has 0 bridgehead atoms. The van der Waals surface area contributed by atoms with Crippen LogP contribution in [0.4, 0.5) is 0 Å². The second-order valence-electron chi connectivity index (χ2n) is 16.8. The minimum Gasteiger partial charge on any atom is -0.394 e. The minimum atomic E-state index is -2.19. The predicted molar refractivity (Wildman–Crippen MR) is 196 cm³/mol. The Bertz CT molecular complexity index is 1470. The van der Waals surface area contributed by atoms with Crippen molar-refractivity contribution in [1.82, 2.24) is 0 Å². The number of rotatable bonds is 15. The molecule has 0 unspecified atom stereocenters. The summed E-state index contributed by atoms with van der Waals surface area (Å²) in [6, 6.07) is 0. The van der Waals surface area contributed by atoms with Crippen LogP contribution < -0.4 is 0 Å². The molecule has 0 aromatic carbocycles. The van der Waals surface area contributed by atoms with Gasteiger partial charge in [0.25, 0.3) is 0 Å². The first-order valence-electron chi connectivity index (χ1n) is 20.8. The Balaban J connectivity index is 1.22. The van der Waals surface area contributed by atoms with Gasteiger partial charge in [-0.15, -0.1) is 0 Å². The van der Waals surface area contributed by atoms with E-state index in [2.05, 4.69) is 0 Å². The van der Waals surface area contributed by atoms with Crippen LogP contribution in [0.1, 0.15) is 13.8 Å². The molecule has 6 aliphatic rings. The summed E-state index contributed by atoms with van der Waals surface area (Å²) < 4.78 is 61.7. The van der Waals surface area contributed by atoms with Crippen LogP contribution in [-0.2, 0) is 52.1 Å². The number of hydrogen-bond donors (Lipinski definition) is 18. The Morgan fingerprint density at radius 3 is 1.46 bits per heavy atom. The fourth-order valence-electron chi connectivity index (χ4n) is 8.28. The molecule has 0 saturated carbocycles. The second-order valence-corrected chi connectivity index (χ2v) is 16.8. The Morgan fingerprint density at radius 2 is 0.846 bits per heavy atom. The van der Waals surface area contributed by atoms with E-state index < -0.39 is 211 Å². The molecule has 6 fully saturated rings. The summed E-state index contributed by atoms with van der Waals surface area (Å²) in [7, 11) is 0. The zero-order chi connectivity index (χ0) is 47.9. The molecule has 18 N–H and O–H groups in total. The molecular formula is C36H62O29. The van der Waals surface area contributed by atoms with Gasteiger partial charge in [-0.25, -0.2) is 0 Å². The van der Waals surface area contributed by atoms with Crippen LogP contribution in [0.25, 0.3) is 0 Å². The molecule has 6 rings (SSSR count). The molecule has 0 radical (unpaired) electrons. The summed E-state index contributed by atoms with van der Waals surface area (Å²) in [6.07, 6.45) is -54.6. The van der Waals surface area contributed by atoms with Crippen molar-refractivity contribution in [2.24, 2.45) is 0 Å². The SMILES string of the molecule is C[C@@H]1O[C@@H](O[C@@H]2[C@@H](O)[C@@H](O)[C@@H](CO)O[C@@H]2O)[C@H](O[C@@H]2O[C@@H](C)[C@H](O)[C@@H](O[C@H]3O[C@H](CO[C@@H]4O[C@@H]([C@H](O)CO)[C@H](O)[C@H]4O)[C@H](O)[C@H](O[C@@H]4O[C@H](CO)[C@H](O)[C@H](O)[C@H]4O)[C@H]3O)[C@H]2O)[C@H](O)[C@H]1O. The molecule has 29 nitrogen and oxygen atoms in total. The topological polar surface area (TPSA) is 466 Å². The lowest BCUT2D eigenvalue weighted by molar-refractivity contribution is -0.400. The van der Waals surface area contributed by atoms with Crippen LogP contribution in [0, 0.1) is 0 Å². The first-order valence-corrected chi connectivity index (χ1v) is 20.8. The summed E-state index contributed by atoms with van der Waals surface area (Å²) in [6.45, 7) is -0.796. The van der Waals surface area contributed by atoms with E-state index in [1.807, 2.05) is 0 Å². The molecule has 30 atom stereocenters. The molecule has 0 spiro atoms. The van der Waals surface area contributed by atoms with Gasteiger partial charge in [-0.1, -0.05) is 0 Å². The molecule has 29 heteroatoms. The maximum Gasteiger partial charge on any atom is 0.187 e. The quantitative estimate of drug-likeness (QED) is 0.0724. The maximum atomic E-state index is 11.6. The van der Waals surface area contributed by atoms with Gasteiger partial charge in [-0.05, 0) is 13.8 Å². The average molecular weight is 959 g/mol. The lowest BCUT2D eigenvalue weighted by Crippen LogP contribution is -2.67. The third kappa shape index (κ3) is 10.9. The molecular weight excluding hydrogens is 896 g/mol. The smallest absolute Gasteiger partial charge is 0.187 e. The standard InChI is InChI=1S/C36H62O29/c1-7-13(41)19(47)30(36(57-7)64-29-20(48)16(44)10(4-38)58-31(29)54)65-34-24(52)27(14(42)8(2)56-34)62-35-25(53)28(63-33-22(50)18(46)15(43)11(5-39)59-33)17(45)12(60-35)6-55-32-23(51)21(49)26(61-32)9(40)3-37/h7-54H,3-6H2,1-2H3/t7-,8-,9+,10+,11+,12+,13-,14-,15-,16-,17-,18-,19+,20-,21+,22+,23+,24+,25+,26-,27+,28-,29+,30+,31-,32+,33-,34-,35+,36-/m0/s1. The molecule has 0 aliphatic carbocycles. The van der Waals surface area contributed by atoms with Crippen LogP contribution in [0.5, 0.6) is 0 Å². The number of hydrogen-bond acceptors (Lipinski definition) is 29. The van der Waals surface area contributed by atoms with Crippen LogP contribution in [0.2, 0.25) is 0 Å². The van der Waals surface area contributed by atoms with E-state index >= 15 is 0 Å². The molecule has 0 aromatic heterocycles. The molecule has 0 aromatic rings. The van der Waals surface area contributed by atoms with E-state index in [9.17, 15) is 91.9 Å². The molecule has 380 valence electrons. The van der Waals surface area contributed by atoms with Crippen LogP contribution >= 0.6 is 0 Å². The fraction of sp³-hybridized carbons (Fsp3) is 1.00. The van der Waals surface area contributed by atoms with Crippen molar-refractivity contribution in [3.63, 3.8) is 0 Å². The van der Waals surface area contributed by atoms with Gasteiger partial charge in [0.1, 0.15) is 134 Å². The zero-order valence-electron chi connectivity index (χ0n) is 34.7. The first-order chi connectivity index (χ1) is 30.6. The van der Waals surface area contributed by atoms with E-state index in [-0.39, 0.29) is 0 Å². The third-order valence-corrected chi connectivity index (χ3v) is 12.3. The highest BCUT2D eigenvalue weighted by Gasteiger charge is 2.57. The normalized spacial score (nSPS) is 53.8. The monoisotopic (exact) mass is 958 g/mol. The maximum absolute atomic E-state index is 11.6. The zero-order valence-corrected chi connectivity index (χ0v) is 34.7. The largest absolute Gasteiger partial charge is 0.394 e. The van der Waals surface area contributed by atoms with E-state index in [0.717, 1.165) is 0 Å². The third-order valence-electron chi connectivity index (χ3n) is 12.3. The van der Waals surface area contributed by atoms with Gasteiger partial charge in [-0.3, -0.25) is 0 Å². The molecule has 0 amide bonds. The number of aliphatic hydroxyl groups excluding tert-OH is 18. The van der Waals surface area contributed by atoms with E-state index in [4.69, 9.17) is 52.1 Å². The lowest BCUT2D eigenvalue weighted by Gasteiger charge is -2.49. The molecule has 65 heavy (non-hydrogen) atoms. The van der Waals surface area contributed by atoms with Gasteiger partial charge >= 0.3 is 0 Å². The van der Waals surface area contributed by atoms with Crippen molar-refractivity contribution >= 4 is 0 Å². The molecule has 6 saturated heterocycles. The van der Waals surface area contributed by atoms with E-state index in [1.54, 1.807) is 0 Å². The summed E-state index contributed by atoms with van der Waals surface area (Å²) in [5, 5.41) is 190. The highest BCUT2D eigenvalue weighted by atomic mass is 16.8. The van der Waals surface area contributed by atoms with Gasteiger partial charge < -0.3 is 144 Å². The molecule has 6 aliphatic heterocycles. The van der Waals surface area contributed by atoms with Crippen molar-refractivity contribution in [1.29, 1.82) is 0 Å². The van der Waals surface area contributed by atoms with Crippen LogP contribution in [0.3, 0.4) is 0 Å². The number of ether oxygens (including phenoxy) is 11. The van der Waals surface area contributed by atoms with Gasteiger partial charge in [0.05, 0.1) is 38.6 Å². The van der Waals surface area contributed by atoms with Gasteiger partial charge in [0.15, 0.2) is 37.7 Å². The van der Waals surface area contributed by atoms with Crippen molar-refractivity contribution in [3.05, 3.63) is 0 Å². The van der Waals surface area contributed by atoms with Gasteiger partial charge in [0.2, 0.25) is 0 Å². The van der Waals surface area contributed by atoms with Crippen molar-refractivity contribution in [2.45, 2.75) is 198 Å². The summed E-state index contributed by atoms with van der Waals surface area (Å²) in [5.41, 5.74) is 0. The lowest BCUT2D eigenvalue weighted by atomic mass is 9.95. The fourth-order valence-corrected chi connectivity index (χ4v) is 8.28. The summed E-state index contributed by atoms with van der Waals surface area (Å²) in [4.78, 5) is 0. The Kier molecular flexibility index (Phi) is 18.2. The highest BCUT2D eigenvalue weighted by molar-refractivity contribution is 4.99. The summed E-state index contributed by atoms with van der Waals surface area (Å²) >= 11 is 0. The van der Waals surface area contributed by atoms with Crippen LogP contribution in [-0.4, -0.2) is 303 Å². The highest BCUT2D eigenvalue weighted by Crippen LogP contribution is 2.36.